The van der Waals surface area contributed by atoms with E-state index in [1.54, 1.807) is 37.4 Å². The molecule has 23 heavy (non-hydrogen) atoms. The van der Waals surface area contributed by atoms with Crippen LogP contribution in [-0.2, 0) is 4.79 Å². The Morgan fingerprint density at radius 1 is 1.35 bits per heavy atom. The molecule has 0 saturated carbocycles. The summed E-state index contributed by atoms with van der Waals surface area (Å²) in [6.45, 7) is 3.47. The van der Waals surface area contributed by atoms with E-state index in [1.807, 2.05) is 18.2 Å². The first-order valence-electron chi connectivity index (χ1n) is 7.01. The summed E-state index contributed by atoms with van der Waals surface area (Å²) in [6.07, 6.45) is 5.33. The minimum Gasteiger partial charge on any atom is -0.476 e. The highest BCUT2D eigenvalue weighted by atomic mass is 32.1. The van der Waals surface area contributed by atoms with Gasteiger partial charge in [0.25, 0.3) is 5.91 Å². The molecule has 4 nitrogen and oxygen atoms in total. The number of terminal acetylenes is 1. The summed E-state index contributed by atoms with van der Waals surface area (Å²) in [6, 6.07) is 10.8. The van der Waals surface area contributed by atoms with Crippen LogP contribution in [0.1, 0.15) is 35.2 Å². The summed E-state index contributed by atoms with van der Waals surface area (Å²) in [7, 11) is 0. The van der Waals surface area contributed by atoms with E-state index in [-0.39, 0.29) is 5.91 Å². The van der Waals surface area contributed by atoms with E-state index < -0.39 is 11.6 Å². The van der Waals surface area contributed by atoms with E-state index in [2.05, 4.69) is 11.2 Å². The molecule has 2 rings (SSSR count). The number of benzene rings is 1. The first kappa shape index (κ1) is 16.8. The number of amides is 1. The maximum absolute atomic E-state index is 12.3. The topological polar surface area (TPSA) is 55.4 Å². The van der Waals surface area contributed by atoms with Crippen molar-refractivity contribution in [2.75, 3.05) is 0 Å². The van der Waals surface area contributed by atoms with Gasteiger partial charge in [0.2, 0.25) is 0 Å². The summed E-state index contributed by atoms with van der Waals surface area (Å²) >= 11 is 1.23. The lowest BCUT2D eigenvalue weighted by Crippen LogP contribution is -2.41. The Morgan fingerprint density at radius 3 is 2.65 bits per heavy atom. The first-order chi connectivity index (χ1) is 11.0. The predicted molar refractivity (Wildman–Crippen MR) is 90.6 cm³/mol. The molecular weight excluding hydrogens is 310 g/mol. The van der Waals surface area contributed by atoms with Gasteiger partial charge in [-0.15, -0.1) is 17.8 Å². The smallest absolute Gasteiger partial charge is 0.266 e. The van der Waals surface area contributed by atoms with Crippen LogP contribution < -0.4 is 10.1 Å². The highest BCUT2D eigenvalue weighted by Gasteiger charge is 2.23. The van der Waals surface area contributed by atoms with Gasteiger partial charge in [0.1, 0.15) is 10.6 Å². The average Bonchev–Trinajstić information content (AvgIpc) is 3.01. The number of ether oxygens (including phenoxy) is 1. The molecule has 0 saturated heterocycles. The number of carbonyl (C=O) groups excluding carboxylic acids is 2. The molecule has 0 aliphatic carbocycles. The third-order valence-electron chi connectivity index (χ3n) is 3.13. The van der Waals surface area contributed by atoms with Gasteiger partial charge in [0, 0.05) is 0 Å². The van der Waals surface area contributed by atoms with E-state index in [1.165, 1.54) is 11.3 Å². The van der Waals surface area contributed by atoms with E-state index in [0.29, 0.717) is 16.9 Å². The third-order valence-corrected chi connectivity index (χ3v) is 4.02. The van der Waals surface area contributed by atoms with Gasteiger partial charge in [-0.05, 0) is 30.9 Å². The van der Waals surface area contributed by atoms with E-state index in [4.69, 9.17) is 11.2 Å². The van der Waals surface area contributed by atoms with Crippen LogP contribution in [-0.4, -0.2) is 17.7 Å². The molecule has 1 unspecified atom stereocenters. The van der Waals surface area contributed by atoms with Gasteiger partial charge in [0.05, 0.1) is 5.54 Å². The Bertz CT molecular complexity index is 728. The minimum atomic E-state index is -0.766. The molecule has 1 heterocycles. The fourth-order valence-electron chi connectivity index (χ4n) is 1.89. The molecular formula is C18H17NO3S. The molecule has 0 aliphatic rings. The van der Waals surface area contributed by atoms with Crippen LogP contribution in [0.4, 0.5) is 0 Å². The first-order valence-corrected chi connectivity index (χ1v) is 7.89. The molecule has 0 aliphatic heterocycles. The van der Waals surface area contributed by atoms with Gasteiger partial charge in [-0.3, -0.25) is 9.59 Å². The highest BCUT2D eigenvalue weighted by molar-refractivity contribution is 7.12. The van der Waals surface area contributed by atoms with Crippen molar-refractivity contribution in [3.05, 3.63) is 52.2 Å². The fraction of sp³-hybridized carbons (Fsp3) is 0.222. The second kappa shape index (κ2) is 7.12. The van der Waals surface area contributed by atoms with Crippen LogP contribution in [0.25, 0.3) is 0 Å². The van der Waals surface area contributed by atoms with Gasteiger partial charge >= 0.3 is 0 Å². The van der Waals surface area contributed by atoms with Crippen molar-refractivity contribution >= 4 is 23.5 Å². The van der Waals surface area contributed by atoms with Crippen molar-refractivity contribution in [1.29, 1.82) is 0 Å². The van der Waals surface area contributed by atoms with Crippen molar-refractivity contribution in [2.24, 2.45) is 0 Å². The number of thiophene rings is 1. The maximum atomic E-state index is 12.3. The van der Waals surface area contributed by atoms with Crippen LogP contribution in [0.5, 0.6) is 5.75 Å². The summed E-state index contributed by atoms with van der Waals surface area (Å²) in [5.41, 5.74) is -0.0361. The summed E-state index contributed by atoms with van der Waals surface area (Å²) in [5, 5.41) is 4.48. The van der Waals surface area contributed by atoms with Crippen LogP contribution in [0.2, 0.25) is 0 Å². The molecule has 1 aromatic heterocycles. The van der Waals surface area contributed by atoms with Crippen molar-refractivity contribution < 1.29 is 14.3 Å². The lowest BCUT2D eigenvalue weighted by molar-refractivity contribution is -0.113. The lowest BCUT2D eigenvalue weighted by atomic mass is 10.1. The zero-order valence-electron chi connectivity index (χ0n) is 12.9. The molecule has 0 spiro atoms. The maximum Gasteiger partial charge on any atom is 0.266 e. The predicted octanol–water partition coefficient (Wildman–Crippen LogP) is 3.21. The third kappa shape index (κ3) is 4.21. The van der Waals surface area contributed by atoms with Gasteiger partial charge in [-0.25, -0.2) is 0 Å². The Morgan fingerprint density at radius 2 is 2.04 bits per heavy atom. The standard InChI is InChI=1S/C18H17NO3S/c1-4-18(2,3)19-17(21)16-14(10-11-23-16)22-15(12-20)13-8-6-5-7-9-13/h1,5-12,15H,2-3H3,(H,19,21). The summed E-state index contributed by atoms with van der Waals surface area (Å²) < 4.78 is 5.72. The van der Waals surface area contributed by atoms with Crippen LogP contribution in [0.15, 0.2) is 41.8 Å². The van der Waals surface area contributed by atoms with E-state index >= 15 is 0 Å². The average molecular weight is 327 g/mol. The Balaban J connectivity index is 2.19. The monoisotopic (exact) mass is 327 g/mol. The number of rotatable bonds is 6. The van der Waals surface area contributed by atoms with Crippen molar-refractivity contribution in [1.82, 2.24) is 5.32 Å². The second-order valence-corrected chi connectivity index (χ2v) is 6.34. The quantitative estimate of drug-likeness (QED) is 0.655. The van der Waals surface area contributed by atoms with E-state index in [9.17, 15) is 9.59 Å². The largest absolute Gasteiger partial charge is 0.476 e. The zero-order chi connectivity index (χ0) is 16.9. The Hall–Kier alpha value is -2.58. The van der Waals surface area contributed by atoms with Crippen LogP contribution in [0.3, 0.4) is 0 Å². The lowest BCUT2D eigenvalue weighted by Gasteiger charge is -2.20. The SMILES string of the molecule is C#CC(C)(C)NC(=O)c1sccc1OC(C=O)c1ccccc1. The second-order valence-electron chi connectivity index (χ2n) is 5.42. The summed E-state index contributed by atoms with van der Waals surface area (Å²) in [5.74, 6) is 2.55. The molecule has 118 valence electrons. The number of aldehydes is 1. The number of carbonyl (C=O) groups is 2. The number of hydrogen-bond donors (Lipinski definition) is 1. The van der Waals surface area contributed by atoms with Crippen molar-refractivity contribution in [3.8, 4) is 18.1 Å². The highest BCUT2D eigenvalue weighted by Crippen LogP contribution is 2.29. The number of nitrogens with one attached hydrogen (secondary N) is 1. The molecule has 0 fully saturated rings. The molecule has 1 amide bonds. The normalized spacial score (nSPS) is 12.0. The minimum absolute atomic E-state index is 0.323. The van der Waals surface area contributed by atoms with Gasteiger partial charge < -0.3 is 10.1 Å². The van der Waals surface area contributed by atoms with Crippen LogP contribution >= 0.6 is 11.3 Å². The molecule has 1 N–H and O–H groups in total. The zero-order valence-corrected chi connectivity index (χ0v) is 13.7. The van der Waals surface area contributed by atoms with Crippen molar-refractivity contribution in [2.45, 2.75) is 25.5 Å². The molecule has 0 radical (unpaired) electrons. The van der Waals surface area contributed by atoms with Gasteiger partial charge in [-0.2, -0.15) is 0 Å². The molecule has 1 atom stereocenters. The number of hydrogen-bond acceptors (Lipinski definition) is 4. The molecule has 5 heteroatoms. The van der Waals surface area contributed by atoms with Crippen molar-refractivity contribution in [3.63, 3.8) is 0 Å². The molecule has 0 bridgehead atoms. The Labute approximate surface area is 139 Å². The summed E-state index contributed by atoms with van der Waals surface area (Å²) in [4.78, 5) is 24.1. The van der Waals surface area contributed by atoms with Crippen LogP contribution in [0, 0.1) is 12.3 Å². The van der Waals surface area contributed by atoms with Gasteiger partial charge in [-0.1, -0.05) is 36.3 Å². The van der Waals surface area contributed by atoms with Gasteiger partial charge in [0.15, 0.2) is 12.4 Å². The Kier molecular flexibility index (Phi) is 5.20. The fourth-order valence-corrected chi connectivity index (χ4v) is 2.60. The molecule has 2 aromatic rings. The molecule has 1 aromatic carbocycles. The van der Waals surface area contributed by atoms with E-state index in [0.717, 1.165) is 5.56 Å².